The van der Waals surface area contributed by atoms with Gasteiger partial charge in [-0.25, -0.2) is 9.67 Å². The lowest BCUT2D eigenvalue weighted by Gasteiger charge is -2.07. The zero-order valence-corrected chi connectivity index (χ0v) is 18.1. The molecule has 0 atom stereocenters. The minimum Gasteiger partial charge on any atom is -0.330 e. The van der Waals surface area contributed by atoms with Crippen molar-refractivity contribution in [3.05, 3.63) is 76.5 Å². The molecule has 0 fully saturated rings. The van der Waals surface area contributed by atoms with E-state index in [1.807, 2.05) is 80.3 Å². The summed E-state index contributed by atoms with van der Waals surface area (Å²) in [6.45, 7) is 1.89. The monoisotopic (exact) mass is 432 g/mol. The Labute approximate surface area is 181 Å². The molecule has 3 aromatic heterocycles. The highest BCUT2D eigenvalue weighted by molar-refractivity contribution is 7.98. The SMILES string of the molecule is Cc1c(-n2nnnc2SCc2nc3ccccc3n2C)c(=O)n(-c2ccccc2)n1C. The van der Waals surface area contributed by atoms with Crippen LogP contribution in [0.1, 0.15) is 11.5 Å². The summed E-state index contributed by atoms with van der Waals surface area (Å²) in [5.41, 5.74) is 3.83. The molecule has 0 aliphatic carbocycles. The molecule has 5 aromatic rings. The molecule has 0 radical (unpaired) electrons. The predicted octanol–water partition coefficient (Wildman–Crippen LogP) is 2.64. The fourth-order valence-electron chi connectivity index (χ4n) is 3.66. The maximum Gasteiger partial charge on any atom is 0.297 e. The van der Waals surface area contributed by atoms with E-state index in [1.54, 1.807) is 4.68 Å². The number of nitrogens with zero attached hydrogens (tertiary/aromatic N) is 8. The van der Waals surface area contributed by atoms with Crippen LogP contribution in [0.4, 0.5) is 0 Å². The molecular weight excluding hydrogens is 412 g/mol. The van der Waals surface area contributed by atoms with Crippen molar-refractivity contribution in [3.8, 4) is 11.4 Å². The molecule has 5 rings (SSSR count). The molecule has 31 heavy (non-hydrogen) atoms. The first-order valence-electron chi connectivity index (χ1n) is 9.72. The van der Waals surface area contributed by atoms with E-state index < -0.39 is 0 Å². The highest BCUT2D eigenvalue weighted by Gasteiger charge is 2.22. The Kier molecular flexibility index (Phi) is 4.70. The Morgan fingerprint density at radius 1 is 1.00 bits per heavy atom. The standard InChI is InChI=1S/C21H20N8OS/c1-14-19(20(30)29(27(14)3)15-9-5-4-6-10-15)28-21(23-24-25-28)31-13-18-22-16-11-7-8-12-17(16)26(18)2/h4-12H,13H2,1-3H3. The second-order valence-electron chi connectivity index (χ2n) is 7.15. The van der Waals surface area contributed by atoms with Gasteiger partial charge in [0.15, 0.2) is 5.69 Å². The van der Waals surface area contributed by atoms with Gasteiger partial charge in [0.1, 0.15) is 5.82 Å². The first kappa shape index (κ1) is 19.3. The van der Waals surface area contributed by atoms with Gasteiger partial charge in [0.25, 0.3) is 5.56 Å². The molecular formula is C21H20N8OS. The molecule has 10 heteroatoms. The number of aryl methyl sites for hydroxylation is 1. The topological polar surface area (TPSA) is 88.4 Å². The molecule has 2 aromatic carbocycles. The van der Waals surface area contributed by atoms with E-state index in [0.29, 0.717) is 16.6 Å². The number of tetrazole rings is 1. The van der Waals surface area contributed by atoms with Crippen molar-refractivity contribution in [2.45, 2.75) is 17.8 Å². The zero-order chi connectivity index (χ0) is 21.5. The number of fused-ring (bicyclic) bond motifs is 1. The second-order valence-corrected chi connectivity index (χ2v) is 8.09. The van der Waals surface area contributed by atoms with Gasteiger partial charge in [-0.05, 0) is 41.6 Å². The number of thioether (sulfide) groups is 1. The van der Waals surface area contributed by atoms with Crippen molar-refractivity contribution in [1.82, 2.24) is 39.1 Å². The maximum absolute atomic E-state index is 13.3. The lowest BCUT2D eigenvalue weighted by atomic mass is 10.3. The third kappa shape index (κ3) is 3.15. The number of imidazole rings is 1. The molecule has 0 saturated heterocycles. The van der Waals surface area contributed by atoms with Crippen LogP contribution in [-0.4, -0.2) is 39.1 Å². The second kappa shape index (κ2) is 7.55. The summed E-state index contributed by atoms with van der Waals surface area (Å²) in [5.74, 6) is 1.48. The van der Waals surface area contributed by atoms with Crippen LogP contribution in [0.3, 0.4) is 0 Å². The maximum atomic E-state index is 13.3. The molecule has 3 heterocycles. The molecule has 0 unspecified atom stereocenters. The van der Waals surface area contributed by atoms with Crippen molar-refractivity contribution >= 4 is 22.8 Å². The summed E-state index contributed by atoms with van der Waals surface area (Å²) in [5, 5.41) is 12.6. The molecule has 156 valence electrons. The van der Waals surface area contributed by atoms with Gasteiger partial charge in [0.2, 0.25) is 5.16 Å². The molecule has 0 bridgehead atoms. The highest BCUT2D eigenvalue weighted by atomic mass is 32.2. The smallest absolute Gasteiger partial charge is 0.297 e. The van der Waals surface area contributed by atoms with Gasteiger partial charge in [-0.1, -0.05) is 42.1 Å². The normalized spacial score (nSPS) is 11.5. The average Bonchev–Trinajstić information content (AvgIpc) is 3.43. The Bertz CT molecular complexity index is 1440. The Balaban J connectivity index is 1.51. The van der Waals surface area contributed by atoms with Crippen molar-refractivity contribution in [3.63, 3.8) is 0 Å². The lowest BCUT2D eigenvalue weighted by Crippen LogP contribution is -2.22. The Morgan fingerprint density at radius 2 is 1.74 bits per heavy atom. The van der Waals surface area contributed by atoms with Crippen LogP contribution in [-0.2, 0) is 19.8 Å². The largest absolute Gasteiger partial charge is 0.330 e. The van der Waals surface area contributed by atoms with Crippen LogP contribution in [0.15, 0.2) is 64.5 Å². The van der Waals surface area contributed by atoms with E-state index in [-0.39, 0.29) is 5.56 Å². The fraction of sp³-hybridized carbons (Fsp3) is 0.190. The number of aromatic nitrogens is 8. The summed E-state index contributed by atoms with van der Waals surface area (Å²) in [7, 11) is 3.85. The summed E-state index contributed by atoms with van der Waals surface area (Å²) in [4.78, 5) is 18.0. The van der Waals surface area contributed by atoms with Crippen LogP contribution >= 0.6 is 11.8 Å². The van der Waals surface area contributed by atoms with Crippen molar-refractivity contribution < 1.29 is 0 Å². The van der Waals surface area contributed by atoms with Crippen molar-refractivity contribution in [2.24, 2.45) is 14.1 Å². The Hall–Kier alpha value is -3.66. The van der Waals surface area contributed by atoms with Gasteiger partial charge in [0, 0.05) is 14.1 Å². The third-order valence-corrected chi connectivity index (χ3v) is 6.30. The van der Waals surface area contributed by atoms with E-state index in [0.717, 1.165) is 28.2 Å². The van der Waals surface area contributed by atoms with E-state index >= 15 is 0 Å². The van der Waals surface area contributed by atoms with Crippen molar-refractivity contribution in [1.29, 1.82) is 0 Å². The molecule has 0 spiro atoms. The van der Waals surface area contributed by atoms with Gasteiger partial charge >= 0.3 is 0 Å². The third-order valence-electron chi connectivity index (χ3n) is 5.39. The summed E-state index contributed by atoms with van der Waals surface area (Å²) >= 11 is 1.45. The summed E-state index contributed by atoms with van der Waals surface area (Å²) in [6, 6.07) is 17.5. The van der Waals surface area contributed by atoms with Gasteiger partial charge < -0.3 is 4.57 Å². The number of para-hydroxylation sites is 3. The van der Waals surface area contributed by atoms with Crippen LogP contribution in [0.25, 0.3) is 22.4 Å². The molecule has 9 nitrogen and oxygen atoms in total. The van der Waals surface area contributed by atoms with E-state index in [1.165, 1.54) is 16.4 Å². The number of benzene rings is 2. The number of rotatable bonds is 5. The van der Waals surface area contributed by atoms with Crippen LogP contribution in [0.5, 0.6) is 0 Å². The van der Waals surface area contributed by atoms with Gasteiger partial charge in [0.05, 0.1) is 28.2 Å². The minimum atomic E-state index is -0.178. The number of hydrogen-bond donors (Lipinski definition) is 0. The minimum absolute atomic E-state index is 0.178. The summed E-state index contributed by atoms with van der Waals surface area (Å²) < 4.78 is 7.01. The number of hydrogen-bond acceptors (Lipinski definition) is 6. The summed E-state index contributed by atoms with van der Waals surface area (Å²) in [6.07, 6.45) is 0. The average molecular weight is 433 g/mol. The van der Waals surface area contributed by atoms with Gasteiger partial charge in [-0.2, -0.15) is 4.68 Å². The van der Waals surface area contributed by atoms with Crippen LogP contribution in [0, 0.1) is 6.92 Å². The highest BCUT2D eigenvalue weighted by Crippen LogP contribution is 2.24. The zero-order valence-electron chi connectivity index (χ0n) is 17.3. The molecule has 0 amide bonds. The lowest BCUT2D eigenvalue weighted by molar-refractivity contribution is 0.630. The van der Waals surface area contributed by atoms with E-state index in [2.05, 4.69) is 20.1 Å². The van der Waals surface area contributed by atoms with Crippen LogP contribution in [0.2, 0.25) is 0 Å². The fourth-order valence-corrected chi connectivity index (χ4v) is 4.52. The quantitative estimate of drug-likeness (QED) is 0.397. The van der Waals surface area contributed by atoms with Crippen LogP contribution < -0.4 is 5.56 Å². The molecule has 0 N–H and O–H groups in total. The molecule has 0 aliphatic heterocycles. The van der Waals surface area contributed by atoms with E-state index in [4.69, 9.17) is 4.98 Å². The van der Waals surface area contributed by atoms with E-state index in [9.17, 15) is 4.79 Å². The first-order valence-corrected chi connectivity index (χ1v) is 10.7. The van der Waals surface area contributed by atoms with Gasteiger partial charge in [-0.15, -0.1) is 5.10 Å². The predicted molar refractivity (Wildman–Crippen MR) is 119 cm³/mol. The first-order chi connectivity index (χ1) is 15.1. The van der Waals surface area contributed by atoms with Gasteiger partial charge in [-0.3, -0.25) is 9.48 Å². The molecule has 0 saturated carbocycles. The Morgan fingerprint density at radius 3 is 2.52 bits per heavy atom. The van der Waals surface area contributed by atoms with Crippen molar-refractivity contribution in [2.75, 3.05) is 0 Å². The molecule has 0 aliphatic rings.